The molecule has 11 N–H and O–H groups in total. The number of carbonyl (C=O) groups is 8. The third kappa shape index (κ3) is 14.7. The third-order valence-corrected chi connectivity index (χ3v) is 4.86. The van der Waals surface area contributed by atoms with E-state index in [0.717, 1.165) is 0 Å². The van der Waals surface area contributed by atoms with E-state index in [2.05, 4.69) is 10.6 Å². The maximum Gasteiger partial charge on any atom is 0.326 e. The van der Waals surface area contributed by atoms with Crippen molar-refractivity contribution in [1.82, 2.24) is 16.0 Å². The second-order valence-electron chi connectivity index (χ2n) is 7.93. The van der Waals surface area contributed by atoms with Gasteiger partial charge in [-0.25, -0.2) is 4.79 Å². The number of carboxylic acid groups (broad SMARTS) is 4. The van der Waals surface area contributed by atoms with Crippen molar-refractivity contribution in [3.05, 3.63) is 0 Å². The second kappa shape index (κ2) is 16.4. The lowest BCUT2D eigenvalue weighted by atomic mass is 10.1. The predicted molar refractivity (Wildman–Crippen MR) is 120 cm³/mol. The third-order valence-electron chi connectivity index (χ3n) is 4.86. The van der Waals surface area contributed by atoms with Crippen LogP contribution in [0.5, 0.6) is 0 Å². The van der Waals surface area contributed by atoms with Gasteiger partial charge in [-0.1, -0.05) is 0 Å². The number of aliphatic carboxylic acids is 4. The molecule has 0 fully saturated rings. The summed E-state index contributed by atoms with van der Waals surface area (Å²) in [6.07, 6.45) is -3.75. The Morgan fingerprint density at radius 3 is 1.24 bits per heavy atom. The summed E-state index contributed by atoms with van der Waals surface area (Å²) in [6, 6.07) is -6.14. The van der Waals surface area contributed by atoms with Crippen molar-refractivity contribution in [1.29, 1.82) is 0 Å². The first-order chi connectivity index (χ1) is 17.1. The Morgan fingerprint density at radius 2 is 0.892 bits per heavy atom. The minimum absolute atomic E-state index is 0.176. The molecular formula is C20H31N5O12. The zero-order chi connectivity index (χ0) is 28.7. The highest BCUT2D eigenvalue weighted by Gasteiger charge is 2.31. The largest absolute Gasteiger partial charge is 0.481 e. The maximum absolute atomic E-state index is 12.8. The topological polar surface area (TPSA) is 306 Å². The zero-order valence-electron chi connectivity index (χ0n) is 19.7. The highest BCUT2D eigenvalue weighted by atomic mass is 16.4. The van der Waals surface area contributed by atoms with Crippen molar-refractivity contribution in [2.75, 3.05) is 0 Å². The number of nitrogens with one attached hydrogen (secondary N) is 3. The Bertz CT molecular complexity index is 893. The van der Waals surface area contributed by atoms with Crippen molar-refractivity contribution < 1.29 is 58.8 Å². The lowest BCUT2D eigenvalue weighted by Gasteiger charge is -2.24. The summed E-state index contributed by atoms with van der Waals surface area (Å²) in [4.78, 5) is 92.7. The molecule has 0 saturated carbocycles. The highest BCUT2D eigenvalue weighted by molar-refractivity contribution is 5.94. The van der Waals surface area contributed by atoms with E-state index in [4.69, 9.17) is 26.8 Å². The average molecular weight is 533 g/mol. The molecule has 0 aromatic rings. The van der Waals surface area contributed by atoms with Crippen molar-refractivity contribution in [2.24, 2.45) is 11.5 Å². The normalized spacial score (nSPS) is 13.8. The van der Waals surface area contributed by atoms with Gasteiger partial charge in [-0.2, -0.15) is 0 Å². The van der Waals surface area contributed by atoms with Crippen molar-refractivity contribution in [3.8, 4) is 0 Å². The lowest BCUT2D eigenvalue weighted by molar-refractivity contribution is -0.144. The molecule has 37 heavy (non-hydrogen) atoms. The molecule has 0 aromatic carbocycles. The van der Waals surface area contributed by atoms with Gasteiger partial charge < -0.3 is 47.8 Å². The molecule has 0 aliphatic rings. The number of hydrogen-bond acceptors (Lipinski definition) is 9. The van der Waals surface area contributed by atoms with Gasteiger partial charge in [0.1, 0.15) is 18.1 Å². The van der Waals surface area contributed by atoms with Gasteiger partial charge in [-0.15, -0.1) is 0 Å². The predicted octanol–water partition coefficient (Wildman–Crippen LogP) is -3.29. The fraction of sp³-hybridized carbons (Fsp3) is 0.600. The fourth-order valence-corrected chi connectivity index (χ4v) is 2.85. The average Bonchev–Trinajstić information content (AvgIpc) is 2.79. The first-order valence-corrected chi connectivity index (χ1v) is 11.0. The van der Waals surface area contributed by atoms with E-state index < -0.39 is 110 Å². The van der Waals surface area contributed by atoms with Crippen LogP contribution in [0.3, 0.4) is 0 Å². The van der Waals surface area contributed by atoms with Gasteiger partial charge >= 0.3 is 23.9 Å². The summed E-state index contributed by atoms with van der Waals surface area (Å²) in [5.41, 5.74) is 10.6. The molecule has 0 rings (SSSR count). The van der Waals surface area contributed by atoms with E-state index in [1.165, 1.54) is 0 Å². The molecular weight excluding hydrogens is 502 g/mol. The van der Waals surface area contributed by atoms with Crippen molar-refractivity contribution in [3.63, 3.8) is 0 Å². The molecule has 0 aromatic heterocycles. The Morgan fingerprint density at radius 1 is 0.541 bits per heavy atom. The number of primary amides is 1. The van der Waals surface area contributed by atoms with E-state index in [0.29, 0.717) is 0 Å². The molecule has 0 bridgehead atoms. The molecule has 4 atom stereocenters. The van der Waals surface area contributed by atoms with Gasteiger partial charge in [-0.05, 0) is 25.7 Å². The monoisotopic (exact) mass is 533 g/mol. The van der Waals surface area contributed by atoms with Gasteiger partial charge in [0.15, 0.2) is 0 Å². The Kier molecular flexibility index (Phi) is 14.5. The Labute approximate surface area is 209 Å². The summed E-state index contributed by atoms with van der Waals surface area (Å²) in [5.74, 6) is -9.50. The summed E-state index contributed by atoms with van der Waals surface area (Å²) in [5, 5.41) is 42.2. The molecule has 17 nitrogen and oxygen atoms in total. The van der Waals surface area contributed by atoms with Gasteiger partial charge in [0, 0.05) is 25.7 Å². The van der Waals surface area contributed by atoms with Crippen LogP contribution in [0, 0.1) is 0 Å². The van der Waals surface area contributed by atoms with Crippen LogP contribution in [0.2, 0.25) is 0 Å². The molecule has 0 spiro atoms. The van der Waals surface area contributed by atoms with Gasteiger partial charge in [0.2, 0.25) is 23.6 Å². The summed E-state index contributed by atoms with van der Waals surface area (Å²) in [6.45, 7) is 0. The number of rotatable bonds is 19. The molecule has 0 radical (unpaired) electrons. The van der Waals surface area contributed by atoms with Crippen LogP contribution in [-0.2, 0) is 38.4 Å². The van der Waals surface area contributed by atoms with Crippen molar-refractivity contribution in [2.45, 2.75) is 75.5 Å². The maximum atomic E-state index is 12.8. The van der Waals surface area contributed by atoms with Crippen LogP contribution < -0.4 is 27.4 Å². The van der Waals surface area contributed by atoms with Crippen LogP contribution in [0.4, 0.5) is 0 Å². The molecule has 17 heteroatoms. The van der Waals surface area contributed by atoms with Gasteiger partial charge in [0.05, 0.1) is 6.04 Å². The SMILES string of the molecule is NC(=O)CCC(N)C(=O)NC(CCC(=O)O)C(=O)NC(CCC(=O)O)C(=O)NC(CCC(=O)O)C(=O)O. The quantitative estimate of drug-likeness (QED) is 0.0787. The van der Waals surface area contributed by atoms with E-state index >= 15 is 0 Å². The summed E-state index contributed by atoms with van der Waals surface area (Å²) in [7, 11) is 0. The molecule has 4 unspecified atom stereocenters. The lowest BCUT2D eigenvalue weighted by Crippen LogP contribution is -2.57. The van der Waals surface area contributed by atoms with Crippen LogP contribution in [0.1, 0.15) is 51.4 Å². The Hall–Kier alpha value is -4.28. The number of amides is 4. The van der Waals surface area contributed by atoms with Crippen LogP contribution in [0.25, 0.3) is 0 Å². The Balaban J connectivity index is 5.64. The van der Waals surface area contributed by atoms with Crippen LogP contribution in [-0.4, -0.2) is 92.1 Å². The molecule has 0 aliphatic carbocycles. The molecule has 208 valence electrons. The summed E-state index contributed by atoms with van der Waals surface area (Å²) >= 11 is 0. The summed E-state index contributed by atoms with van der Waals surface area (Å²) < 4.78 is 0. The fourth-order valence-electron chi connectivity index (χ4n) is 2.85. The molecule has 0 aliphatic heterocycles. The van der Waals surface area contributed by atoms with Gasteiger partial charge in [0.25, 0.3) is 0 Å². The zero-order valence-corrected chi connectivity index (χ0v) is 19.7. The minimum atomic E-state index is -1.67. The highest BCUT2D eigenvalue weighted by Crippen LogP contribution is 2.06. The van der Waals surface area contributed by atoms with Gasteiger partial charge in [-0.3, -0.25) is 33.6 Å². The number of hydrogen-bond donors (Lipinski definition) is 9. The number of nitrogens with two attached hydrogens (primary N) is 2. The second-order valence-corrected chi connectivity index (χ2v) is 7.93. The molecule has 0 heterocycles. The van der Waals surface area contributed by atoms with E-state index in [-0.39, 0.29) is 12.8 Å². The minimum Gasteiger partial charge on any atom is -0.481 e. The van der Waals surface area contributed by atoms with E-state index in [1.807, 2.05) is 5.32 Å². The van der Waals surface area contributed by atoms with Crippen molar-refractivity contribution >= 4 is 47.5 Å². The first-order valence-electron chi connectivity index (χ1n) is 11.0. The number of carbonyl (C=O) groups excluding carboxylic acids is 4. The van der Waals surface area contributed by atoms with Crippen LogP contribution in [0.15, 0.2) is 0 Å². The van der Waals surface area contributed by atoms with Crippen LogP contribution >= 0.6 is 0 Å². The number of carboxylic acids is 4. The molecule has 4 amide bonds. The van der Waals surface area contributed by atoms with E-state index in [9.17, 15) is 43.5 Å². The first kappa shape index (κ1) is 32.7. The molecule has 0 saturated heterocycles. The van der Waals surface area contributed by atoms with E-state index in [1.54, 1.807) is 0 Å². The smallest absolute Gasteiger partial charge is 0.326 e. The standard InChI is InChI=1S/C20H31N5O12/c21-9(1-5-13(22)26)17(33)23-10(2-6-14(27)28)18(34)24-11(3-7-15(29)30)19(35)25-12(20(36)37)4-8-16(31)32/h9-12H,1-8,21H2,(H2,22,26)(H,23,33)(H,24,34)(H,25,35)(H,27,28)(H,29,30)(H,31,32)(H,36,37).